The van der Waals surface area contributed by atoms with Crippen LogP contribution in [-0.2, 0) is 6.42 Å². The van der Waals surface area contributed by atoms with E-state index in [0.29, 0.717) is 4.90 Å². The SMILES string of the molecule is NNCCc1ccc(SF)cc1. The van der Waals surface area contributed by atoms with E-state index in [1.165, 1.54) is 0 Å². The van der Waals surface area contributed by atoms with Gasteiger partial charge in [-0.05, 0) is 24.1 Å². The first-order chi connectivity index (χ1) is 5.86. The Morgan fingerprint density at radius 1 is 1.33 bits per heavy atom. The van der Waals surface area contributed by atoms with E-state index >= 15 is 0 Å². The summed E-state index contributed by atoms with van der Waals surface area (Å²) in [5, 5.41) is 0. The number of hydrogen-bond donors (Lipinski definition) is 2. The minimum atomic E-state index is 0.261. The molecule has 4 heteroatoms. The summed E-state index contributed by atoms with van der Waals surface area (Å²) in [7, 11) is 0. The fourth-order valence-electron chi connectivity index (χ4n) is 0.924. The molecule has 3 N–H and O–H groups in total. The fraction of sp³-hybridized carbons (Fsp3) is 0.250. The summed E-state index contributed by atoms with van der Waals surface area (Å²) in [6.07, 6.45) is 0.869. The van der Waals surface area contributed by atoms with Gasteiger partial charge in [-0.1, -0.05) is 12.1 Å². The van der Waals surface area contributed by atoms with E-state index in [0.717, 1.165) is 18.5 Å². The van der Waals surface area contributed by atoms with Crippen molar-refractivity contribution in [2.75, 3.05) is 6.54 Å². The molecule has 0 aromatic heterocycles. The van der Waals surface area contributed by atoms with E-state index in [2.05, 4.69) is 5.43 Å². The summed E-state index contributed by atoms with van der Waals surface area (Å²) in [5.74, 6) is 5.12. The molecule has 0 radical (unpaired) electrons. The van der Waals surface area contributed by atoms with Gasteiger partial charge >= 0.3 is 0 Å². The minimum absolute atomic E-state index is 0.261. The van der Waals surface area contributed by atoms with E-state index in [-0.39, 0.29) is 12.1 Å². The number of benzene rings is 1. The number of nitrogens with two attached hydrogens (primary N) is 1. The van der Waals surface area contributed by atoms with Crippen LogP contribution in [0.3, 0.4) is 0 Å². The molecular formula is C8H11FN2S. The Kier molecular flexibility index (Phi) is 4.07. The van der Waals surface area contributed by atoms with E-state index in [1.54, 1.807) is 12.1 Å². The highest BCUT2D eigenvalue weighted by Gasteiger charge is 1.94. The van der Waals surface area contributed by atoms with E-state index in [9.17, 15) is 3.89 Å². The summed E-state index contributed by atoms with van der Waals surface area (Å²) >= 11 is 0.261. The number of hydrazine groups is 1. The minimum Gasteiger partial charge on any atom is -0.271 e. The third-order valence-corrected chi connectivity index (χ3v) is 2.02. The molecule has 1 aromatic rings. The number of nitrogens with one attached hydrogen (secondary N) is 1. The highest BCUT2D eigenvalue weighted by molar-refractivity contribution is 7.94. The first kappa shape index (κ1) is 9.51. The van der Waals surface area contributed by atoms with Crippen LogP contribution in [0.25, 0.3) is 0 Å². The Labute approximate surface area is 75.6 Å². The smallest absolute Gasteiger partial charge is 0.0812 e. The first-order valence-corrected chi connectivity index (χ1v) is 4.39. The van der Waals surface area contributed by atoms with E-state index < -0.39 is 0 Å². The second-order valence-corrected chi connectivity index (χ2v) is 3.05. The quantitative estimate of drug-likeness (QED) is 0.555. The Morgan fingerprint density at radius 2 is 2.00 bits per heavy atom. The summed E-state index contributed by atoms with van der Waals surface area (Å²) < 4.78 is 12.0. The van der Waals surface area contributed by atoms with E-state index in [4.69, 9.17) is 5.84 Å². The first-order valence-electron chi connectivity index (χ1n) is 3.68. The van der Waals surface area contributed by atoms with Crippen LogP contribution < -0.4 is 11.3 Å². The lowest BCUT2D eigenvalue weighted by molar-refractivity contribution is 0.728. The van der Waals surface area contributed by atoms with Gasteiger partial charge in [-0.3, -0.25) is 11.3 Å². The number of rotatable bonds is 4. The van der Waals surface area contributed by atoms with Crippen molar-refractivity contribution in [1.82, 2.24) is 5.43 Å². The van der Waals surface area contributed by atoms with Gasteiger partial charge in [0.1, 0.15) is 0 Å². The second kappa shape index (κ2) is 5.13. The Morgan fingerprint density at radius 3 is 2.50 bits per heavy atom. The van der Waals surface area contributed by atoms with Crippen molar-refractivity contribution in [3.8, 4) is 0 Å². The second-order valence-electron chi connectivity index (χ2n) is 2.43. The molecule has 0 saturated heterocycles. The molecule has 0 unspecified atom stereocenters. The molecule has 0 aliphatic heterocycles. The van der Waals surface area contributed by atoms with Crippen molar-refractivity contribution in [2.24, 2.45) is 5.84 Å². The van der Waals surface area contributed by atoms with Gasteiger partial charge in [0, 0.05) is 11.4 Å². The molecule has 0 bridgehead atoms. The van der Waals surface area contributed by atoms with Gasteiger partial charge in [0.2, 0.25) is 0 Å². The predicted molar refractivity (Wildman–Crippen MR) is 49.3 cm³/mol. The summed E-state index contributed by atoms with van der Waals surface area (Å²) in [5.41, 5.74) is 3.72. The van der Waals surface area contributed by atoms with Crippen LogP contribution in [0.2, 0.25) is 0 Å². The van der Waals surface area contributed by atoms with Crippen LogP contribution in [0.15, 0.2) is 29.2 Å². The third kappa shape index (κ3) is 2.81. The molecule has 0 aliphatic rings. The van der Waals surface area contributed by atoms with Crippen LogP contribution in [0.1, 0.15) is 5.56 Å². The number of hydrogen-bond acceptors (Lipinski definition) is 3. The normalized spacial score (nSPS) is 10.2. The summed E-state index contributed by atoms with van der Waals surface area (Å²) in [6.45, 7) is 0.738. The Hall–Kier alpha value is -0.580. The lowest BCUT2D eigenvalue weighted by Crippen LogP contribution is -2.24. The van der Waals surface area contributed by atoms with Crippen LogP contribution in [-0.4, -0.2) is 6.54 Å². The topological polar surface area (TPSA) is 38.0 Å². The van der Waals surface area contributed by atoms with Crippen molar-refractivity contribution >= 4 is 12.1 Å². The molecule has 0 heterocycles. The van der Waals surface area contributed by atoms with Gasteiger partial charge in [0.15, 0.2) is 0 Å². The molecule has 0 amide bonds. The number of halogens is 1. The lowest BCUT2D eigenvalue weighted by Gasteiger charge is -2.00. The van der Waals surface area contributed by atoms with Gasteiger partial charge in [-0.2, -0.15) is 3.89 Å². The highest BCUT2D eigenvalue weighted by atomic mass is 32.2. The molecule has 0 atom stereocenters. The standard InChI is InChI=1S/C8H11FN2S/c9-12-8-3-1-7(2-4-8)5-6-11-10/h1-4,11H,5-6,10H2. The molecule has 12 heavy (non-hydrogen) atoms. The molecule has 0 aliphatic carbocycles. The van der Waals surface area contributed by atoms with Crippen molar-refractivity contribution < 1.29 is 3.89 Å². The highest BCUT2D eigenvalue weighted by Crippen LogP contribution is 2.18. The molecule has 1 rings (SSSR count). The van der Waals surface area contributed by atoms with Crippen molar-refractivity contribution in [3.63, 3.8) is 0 Å². The zero-order valence-electron chi connectivity index (χ0n) is 6.59. The molecule has 2 nitrogen and oxygen atoms in total. The van der Waals surface area contributed by atoms with Gasteiger partial charge in [0.05, 0.1) is 12.1 Å². The van der Waals surface area contributed by atoms with Crippen LogP contribution >= 0.6 is 12.1 Å². The van der Waals surface area contributed by atoms with Crippen molar-refractivity contribution in [1.29, 1.82) is 0 Å². The van der Waals surface area contributed by atoms with Crippen molar-refractivity contribution in [3.05, 3.63) is 29.8 Å². The largest absolute Gasteiger partial charge is 0.271 e. The molecule has 1 aromatic carbocycles. The van der Waals surface area contributed by atoms with Crippen LogP contribution in [0.5, 0.6) is 0 Å². The zero-order chi connectivity index (χ0) is 8.81. The molecule has 0 saturated carbocycles. The average molecular weight is 186 g/mol. The Balaban J connectivity index is 2.53. The van der Waals surface area contributed by atoms with Crippen molar-refractivity contribution in [2.45, 2.75) is 11.3 Å². The lowest BCUT2D eigenvalue weighted by atomic mass is 10.2. The van der Waals surface area contributed by atoms with Gasteiger partial charge in [-0.15, -0.1) is 0 Å². The van der Waals surface area contributed by atoms with Crippen LogP contribution in [0, 0.1) is 0 Å². The molecule has 66 valence electrons. The molecule has 0 fully saturated rings. The molecule has 0 spiro atoms. The van der Waals surface area contributed by atoms with Crippen LogP contribution in [0.4, 0.5) is 3.89 Å². The van der Waals surface area contributed by atoms with Gasteiger partial charge in [-0.25, -0.2) is 0 Å². The maximum absolute atomic E-state index is 12.0. The monoisotopic (exact) mass is 186 g/mol. The Bertz CT molecular complexity index is 225. The maximum Gasteiger partial charge on any atom is 0.0812 e. The zero-order valence-corrected chi connectivity index (χ0v) is 7.40. The van der Waals surface area contributed by atoms with Gasteiger partial charge < -0.3 is 0 Å². The maximum atomic E-state index is 12.0. The molecular weight excluding hydrogens is 175 g/mol. The van der Waals surface area contributed by atoms with E-state index in [1.807, 2.05) is 12.1 Å². The van der Waals surface area contributed by atoms with Gasteiger partial charge in [0.25, 0.3) is 0 Å². The average Bonchev–Trinajstić information content (AvgIpc) is 2.15. The fourth-order valence-corrected chi connectivity index (χ4v) is 1.16. The third-order valence-electron chi connectivity index (χ3n) is 1.57. The predicted octanol–water partition coefficient (Wildman–Crippen LogP) is 1.67. The summed E-state index contributed by atoms with van der Waals surface area (Å²) in [6, 6.07) is 7.32. The summed E-state index contributed by atoms with van der Waals surface area (Å²) in [4.78, 5) is 0.638.